The minimum absolute atomic E-state index is 0.0973. The number of hydrogen-bond acceptors (Lipinski definition) is 5. The van der Waals surface area contributed by atoms with Gasteiger partial charge in [-0.3, -0.25) is 18.7 Å². The summed E-state index contributed by atoms with van der Waals surface area (Å²) in [4.78, 5) is 42.8. The van der Waals surface area contributed by atoms with Crippen LogP contribution in [-0.2, 0) is 18.9 Å². The molecule has 3 heterocycles. The first-order valence-electron chi connectivity index (χ1n) is 8.62. The van der Waals surface area contributed by atoms with Gasteiger partial charge in [0.05, 0.1) is 5.92 Å². The van der Waals surface area contributed by atoms with Crippen LogP contribution in [0.3, 0.4) is 0 Å². The summed E-state index contributed by atoms with van der Waals surface area (Å²) in [6.07, 6.45) is 3.27. The number of amides is 1. The molecule has 8 nitrogen and oxygen atoms in total. The Balaban J connectivity index is 1.77. The molecule has 8 heteroatoms. The van der Waals surface area contributed by atoms with E-state index in [1.54, 1.807) is 19.3 Å². The Morgan fingerprint density at radius 1 is 1.23 bits per heavy atom. The van der Waals surface area contributed by atoms with Gasteiger partial charge in [0.15, 0.2) is 0 Å². The molecule has 26 heavy (non-hydrogen) atoms. The zero-order valence-corrected chi connectivity index (χ0v) is 15.2. The maximum Gasteiger partial charge on any atom is 0.332 e. The summed E-state index contributed by atoms with van der Waals surface area (Å²) < 4.78 is 2.52. The lowest BCUT2D eigenvalue weighted by Crippen LogP contribution is -2.45. The summed E-state index contributed by atoms with van der Waals surface area (Å²) in [6.45, 7) is 3.09. The molecule has 1 aliphatic rings. The van der Waals surface area contributed by atoms with Gasteiger partial charge in [0.2, 0.25) is 5.91 Å². The third-order valence-electron chi connectivity index (χ3n) is 4.78. The average Bonchev–Trinajstić information content (AvgIpc) is 2.65. The number of piperidine rings is 1. The van der Waals surface area contributed by atoms with Gasteiger partial charge in [-0.25, -0.2) is 9.78 Å². The average molecular weight is 357 g/mol. The van der Waals surface area contributed by atoms with Crippen LogP contribution in [0.5, 0.6) is 0 Å². The van der Waals surface area contributed by atoms with Crippen molar-refractivity contribution in [2.75, 3.05) is 23.3 Å². The summed E-state index contributed by atoms with van der Waals surface area (Å²) in [7, 11) is 3.09. The highest BCUT2D eigenvalue weighted by molar-refractivity contribution is 5.92. The second kappa shape index (κ2) is 7.15. The van der Waals surface area contributed by atoms with Gasteiger partial charge < -0.3 is 10.2 Å². The van der Waals surface area contributed by atoms with Crippen molar-refractivity contribution >= 4 is 17.5 Å². The first-order chi connectivity index (χ1) is 12.4. The van der Waals surface area contributed by atoms with Crippen LogP contribution in [0, 0.1) is 12.8 Å². The van der Waals surface area contributed by atoms with Crippen LogP contribution < -0.4 is 21.5 Å². The molecule has 2 aromatic rings. The summed E-state index contributed by atoms with van der Waals surface area (Å²) in [5.74, 6) is 0.744. The molecule has 0 radical (unpaired) electrons. The molecule has 0 bridgehead atoms. The smallest absolute Gasteiger partial charge is 0.332 e. The van der Waals surface area contributed by atoms with E-state index < -0.39 is 0 Å². The highest BCUT2D eigenvalue weighted by atomic mass is 16.2. The predicted molar refractivity (Wildman–Crippen MR) is 99.5 cm³/mol. The normalized spacial score (nSPS) is 17.2. The summed E-state index contributed by atoms with van der Waals surface area (Å²) in [6, 6.07) is 5.12. The molecule has 1 saturated heterocycles. The van der Waals surface area contributed by atoms with Crippen LogP contribution in [-0.4, -0.2) is 33.1 Å². The van der Waals surface area contributed by atoms with Crippen molar-refractivity contribution in [3.8, 4) is 0 Å². The Bertz CT molecular complexity index is 929. The fourth-order valence-corrected chi connectivity index (χ4v) is 3.19. The number of aromatic nitrogens is 3. The molecule has 3 rings (SSSR count). The third-order valence-corrected chi connectivity index (χ3v) is 4.78. The Morgan fingerprint density at radius 3 is 2.69 bits per heavy atom. The number of aryl methyl sites for hydroxylation is 1. The first-order valence-corrected chi connectivity index (χ1v) is 8.62. The molecule has 1 amide bonds. The molecule has 0 aromatic carbocycles. The zero-order valence-electron chi connectivity index (χ0n) is 15.2. The van der Waals surface area contributed by atoms with E-state index in [4.69, 9.17) is 0 Å². The number of rotatable bonds is 3. The largest absolute Gasteiger partial charge is 0.357 e. The van der Waals surface area contributed by atoms with E-state index in [2.05, 4.69) is 10.3 Å². The van der Waals surface area contributed by atoms with E-state index in [0.29, 0.717) is 24.7 Å². The Kier molecular flexibility index (Phi) is 4.92. The molecule has 1 fully saturated rings. The van der Waals surface area contributed by atoms with Crippen LogP contribution in [0.15, 0.2) is 34.0 Å². The Hall–Kier alpha value is -2.90. The van der Waals surface area contributed by atoms with E-state index in [1.807, 2.05) is 17.9 Å². The number of nitrogens with zero attached hydrogens (tertiary/aromatic N) is 4. The number of carbonyl (C=O) groups is 1. The second-order valence-corrected chi connectivity index (χ2v) is 6.74. The van der Waals surface area contributed by atoms with Crippen molar-refractivity contribution in [3.05, 3.63) is 50.8 Å². The molecule has 1 atom stereocenters. The Labute approximate surface area is 151 Å². The number of hydrogen-bond donors (Lipinski definition) is 1. The monoisotopic (exact) mass is 357 g/mol. The van der Waals surface area contributed by atoms with Gasteiger partial charge in [0.25, 0.3) is 5.56 Å². The quantitative estimate of drug-likeness (QED) is 0.871. The lowest BCUT2D eigenvalue weighted by molar-refractivity contribution is -0.120. The SMILES string of the molecule is Cc1ccc(NC(=O)C2CCCN(c3cc(=O)n(C)c(=O)n3C)C2)nc1. The van der Waals surface area contributed by atoms with E-state index in [-0.39, 0.29) is 23.1 Å². The number of carbonyl (C=O) groups excluding carboxylic acids is 1. The fourth-order valence-electron chi connectivity index (χ4n) is 3.19. The van der Waals surface area contributed by atoms with Crippen molar-refractivity contribution < 1.29 is 4.79 Å². The highest BCUT2D eigenvalue weighted by Crippen LogP contribution is 2.22. The van der Waals surface area contributed by atoms with Crippen LogP contribution in [0.1, 0.15) is 18.4 Å². The van der Waals surface area contributed by atoms with E-state index in [9.17, 15) is 14.4 Å². The summed E-state index contributed by atoms with van der Waals surface area (Å²) in [5, 5.41) is 2.85. The molecule has 1 N–H and O–H groups in total. The minimum atomic E-state index is -0.372. The fraction of sp³-hybridized carbons (Fsp3) is 0.444. The van der Waals surface area contributed by atoms with Gasteiger partial charge in [-0.1, -0.05) is 6.07 Å². The van der Waals surface area contributed by atoms with Gasteiger partial charge in [-0.05, 0) is 31.4 Å². The van der Waals surface area contributed by atoms with Gasteiger partial charge in [0.1, 0.15) is 11.6 Å². The van der Waals surface area contributed by atoms with Crippen LogP contribution in [0.4, 0.5) is 11.6 Å². The van der Waals surface area contributed by atoms with Gasteiger partial charge in [-0.15, -0.1) is 0 Å². The van der Waals surface area contributed by atoms with E-state index in [0.717, 1.165) is 23.0 Å². The Morgan fingerprint density at radius 2 is 2.00 bits per heavy atom. The number of anilines is 2. The van der Waals surface area contributed by atoms with Crippen molar-refractivity contribution in [1.29, 1.82) is 0 Å². The molecule has 0 aliphatic carbocycles. The van der Waals surface area contributed by atoms with Crippen LogP contribution in [0.25, 0.3) is 0 Å². The van der Waals surface area contributed by atoms with Crippen molar-refractivity contribution in [3.63, 3.8) is 0 Å². The van der Waals surface area contributed by atoms with Crippen molar-refractivity contribution in [2.45, 2.75) is 19.8 Å². The molecule has 1 unspecified atom stereocenters. The molecular formula is C18H23N5O3. The van der Waals surface area contributed by atoms with Gasteiger partial charge in [0, 0.05) is 39.4 Å². The predicted octanol–water partition coefficient (Wildman–Crippen LogP) is 0.643. The van der Waals surface area contributed by atoms with E-state index in [1.165, 1.54) is 17.7 Å². The zero-order chi connectivity index (χ0) is 18.8. The highest BCUT2D eigenvalue weighted by Gasteiger charge is 2.27. The second-order valence-electron chi connectivity index (χ2n) is 6.74. The maximum atomic E-state index is 12.6. The molecular weight excluding hydrogens is 334 g/mol. The van der Waals surface area contributed by atoms with Gasteiger partial charge >= 0.3 is 5.69 Å². The molecule has 2 aromatic heterocycles. The van der Waals surface area contributed by atoms with Crippen molar-refractivity contribution in [2.24, 2.45) is 20.0 Å². The molecule has 0 spiro atoms. The minimum Gasteiger partial charge on any atom is -0.357 e. The molecule has 0 saturated carbocycles. The van der Waals surface area contributed by atoms with Crippen molar-refractivity contribution in [1.82, 2.24) is 14.1 Å². The van der Waals surface area contributed by atoms with E-state index >= 15 is 0 Å². The van der Waals surface area contributed by atoms with Gasteiger partial charge in [-0.2, -0.15) is 0 Å². The lowest BCUT2D eigenvalue weighted by Gasteiger charge is -2.34. The first kappa shape index (κ1) is 17.9. The topological polar surface area (TPSA) is 89.2 Å². The number of nitrogens with one attached hydrogen (secondary N) is 1. The van der Waals surface area contributed by atoms with Crippen LogP contribution in [0.2, 0.25) is 0 Å². The lowest BCUT2D eigenvalue weighted by atomic mass is 9.97. The summed E-state index contributed by atoms with van der Waals surface area (Å²) in [5.41, 5.74) is 0.305. The number of pyridine rings is 1. The standard InChI is InChI=1S/C18H23N5O3/c1-12-6-7-14(19-10-12)20-17(25)13-5-4-8-23(11-13)15-9-16(24)22(3)18(26)21(15)2/h6-7,9-10,13H,4-5,8,11H2,1-3H3,(H,19,20,25). The maximum absolute atomic E-state index is 12.6. The molecule has 1 aliphatic heterocycles. The summed E-state index contributed by atoms with van der Waals surface area (Å²) >= 11 is 0. The third kappa shape index (κ3) is 3.54. The van der Waals surface area contributed by atoms with Crippen LogP contribution >= 0.6 is 0 Å². The molecule has 138 valence electrons.